The minimum Gasteiger partial charge on any atom is -0.370 e. The summed E-state index contributed by atoms with van der Waals surface area (Å²) in [5.41, 5.74) is 13.2. The van der Waals surface area contributed by atoms with Crippen molar-refractivity contribution in [3.63, 3.8) is 0 Å². The third-order valence-corrected chi connectivity index (χ3v) is 4.71. The summed E-state index contributed by atoms with van der Waals surface area (Å²) in [5, 5.41) is 11.8. The van der Waals surface area contributed by atoms with Gasteiger partial charge in [-0.05, 0) is 30.0 Å². The lowest BCUT2D eigenvalue weighted by molar-refractivity contribution is -0.122. The molecular weight excluding hydrogens is 372 g/mol. The fourth-order valence-corrected chi connectivity index (χ4v) is 3.23. The molecule has 1 saturated heterocycles. The van der Waals surface area contributed by atoms with E-state index in [1.165, 1.54) is 0 Å². The van der Waals surface area contributed by atoms with Gasteiger partial charge in [-0.1, -0.05) is 18.2 Å². The molecule has 10 nitrogen and oxygen atoms in total. The Bertz CT molecular complexity index is 899. The van der Waals surface area contributed by atoms with Gasteiger partial charge < -0.3 is 21.7 Å². The molecule has 3 rings (SSSR count). The van der Waals surface area contributed by atoms with Crippen LogP contribution in [0.1, 0.15) is 18.4 Å². The van der Waals surface area contributed by atoms with Crippen LogP contribution in [0.4, 0.5) is 10.7 Å². The number of urea groups is 1. The Hall–Kier alpha value is -3.69. The minimum atomic E-state index is -0.536. The summed E-state index contributed by atoms with van der Waals surface area (Å²) in [6, 6.07) is 7.08. The molecule has 1 fully saturated rings. The highest BCUT2D eigenvalue weighted by molar-refractivity contribution is 5.93. The van der Waals surface area contributed by atoms with Crippen LogP contribution >= 0.6 is 0 Å². The normalized spacial score (nSPS) is 16.1. The molecule has 2 heterocycles. The molecule has 0 aliphatic carbocycles. The first-order chi connectivity index (χ1) is 13.9. The molecule has 1 aliphatic rings. The number of nitrogens with two attached hydrogens (primary N) is 2. The highest BCUT2D eigenvalue weighted by Crippen LogP contribution is 2.23. The summed E-state index contributed by atoms with van der Waals surface area (Å²) in [4.78, 5) is 33.9. The second kappa shape index (κ2) is 9.00. The molecule has 2 aromatic rings. The number of hydrogen-bond acceptors (Lipinski definition) is 6. The van der Waals surface area contributed by atoms with Crippen molar-refractivity contribution in [2.75, 3.05) is 18.0 Å². The number of anilines is 1. The number of primary amides is 1. The fourth-order valence-electron chi connectivity index (χ4n) is 3.23. The van der Waals surface area contributed by atoms with Gasteiger partial charge in [-0.15, -0.1) is 0 Å². The third-order valence-electron chi connectivity index (χ3n) is 4.71. The second-order valence-electron chi connectivity index (χ2n) is 6.88. The molecule has 0 spiro atoms. The zero-order chi connectivity index (χ0) is 20.8. The Morgan fingerprint density at radius 3 is 2.66 bits per heavy atom. The first-order valence-electron chi connectivity index (χ1n) is 9.27. The van der Waals surface area contributed by atoms with E-state index < -0.39 is 12.0 Å². The molecule has 29 heavy (non-hydrogen) atoms. The lowest BCUT2D eigenvalue weighted by Gasteiger charge is -2.31. The number of carbonyl (C=O) groups excluding carboxylic acids is 2. The van der Waals surface area contributed by atoms with Crippen molar-refractivity contribution in [1.82, 2.24) is 20.6 Å². The van der Waals surface area contributed by atoms with Crippen LogP contribution in [-0.4, -0.2) is 41.0 Å². The van der Waals surface area contributed by atoms with Crippen molar-refractivity contribution in [3.8, 4) is 11.1 Å². The first kappa shape index (κ1) is 20.1. The van der Waals surface area contributed by atoms with Crippen LogP contribution in [0.2, 0.25) is 0 Å². The Balaban J connectivity index is 1.66. The molecule has 10 heteroatoms. The maximum absolute atomic E-state index is 11.5. The predicted molar refractivity (Wildman–Crippen MR) is 109 cm³/mol. The number of nitrogens with one attached hydrogen (secondary N) is 3. The monoisotopic (exact) mass is 396 g/mol. The lowest BCUT2D eigenvalue weighted by atomic mass is 9.98. The van der Waals surface area contributed by atoms with Crippen LogP contribution in [0, 0.1) is 11.3 Å². The maximum atomic E-state index is 11.5. The fraction of sp³-hybridized carbons (Fsp3) is 0.316. The van der Waals surface area contributed by atoms with Gasteiger partial charge in [0.25, 0.3) is 0 Å². The summed E-state index contributed by atoms with van der Waals surface area (Å²) in [5.74, 6) is -0.284. The van der Waals surface area contributed by atoms with Crippen LogP contribution in [0.3, 0.4) is 0 Å². The highest BCUT2D eigenvalue weighted by atomic mass is 16.2. The molecule has 0 bridgehead atoms. The van der Waals surface area contributed by atoms with Gasteiger partial charge in [0.15, 0.2) is 5.96 Å². The predicted octanol–water partition coefficient (Wildman–Crippen LogP) is 0.538. The molecule has 1 aliphatic heterocycles. The zero-order valence-corrected chi connectivity index (χ0v) is 15.9. The standard InChI is InChI=1S/C19H24N8O2/c20-16(28)14-5-2-6-27(11-14)18-23-9-15(10-24-18)13-4-1-3-12(7-13)8-25-19(29)26-17(21)22/h1,3-4,7,9-10,14H,2,5-6,8,11H2,(H2,20,28)(H5,21,22,25,26,29). The summed E-state index contributed by atoms with van der Waals surface area (Å²) in [7, 11) is 0. The first-order valence-corrected chi connectivity index (χ1v) is 9.27. The molecule has 1 aromatic heterocycles. The molecule has 3 amide bonds. The number of guanidine groups is 1. The minimum absolute atomic E-state index is 0.170. The average Bonchev–Trinajstić information content (AvgIpc) is 2.72. The number of aromatic nitrogens is 2. The Morgan fingerprint density at radius 2 is 1.97 bits per heavy atom. The number of rotatable bonds is 5. The molecule has 1 atom stereocenters. The molecular formula is C19H24N8O2. The third kappa shape index (κ3) is 5.41. The zero-order valence-electron chi connectivity index (χ0n) is 15.9. The van der Waals surface area contributed by atoms with E-state index in [0.29, 0.717) is 12.5 Å². The largest absolute Gasteiger partial charge is 0.370 e. The number of nitrogens with zero attached hydrogens (tertiary/aromatic N) is 3. The molecule has 7 N–H and O–H groups in total. The maximum Gasteiger partial charge on any atom is 0.321 e. The number of carbonyl (C=O) groups is 2. The van der Waals surface area contributed by atoms with E-state index in [1.807, 2.05) is 29.2 Å². The van der Waals surface area contributed by atoms with E-state index in [1.54, 1.807) is 12.4 Å². The van der Waals surface area contributed by atoms with E-state index in [2.05, 4.69) is 20.6 Å². The van der Waals surface area contributed by atoms with E-state index in [9.17, 15) is 9.59 Å². The van der Waals surface area contributed by atoms with Crippen LogP contribution < -0.4 is 27.0 Å². The van der Waals surface area contributed by atoms with Crippen LogP contribution in [0.15, 0.2) is 36.7 Å². The van der Waals surface area contributed by atoms with Crippen molar-refractivity contribution in [1.29, 1.82) is 5.41 Å². The quantitative estimate of drug-likeness (QED) is 0.366. The van der Waals surface area contributed by atoms with Crippen molar-refractivity contribution in [3.05, 3.63) is 42.2 Å². The van der Waals surface area contributed by atoms with Crippen LogP contribution in [0.5, 0.6) is 0 Å². The van der Waals surface area contributed by atoms with Gasteiger partial charge in [-0.2, -0.15) is 0 Å². The van der Waals surface area contributed by atoms with E-state index in [-0.39, 0.29) is 18.4 Å². The van der Waals surface area contributed by atoms with E-state index in [4.69, 9.17) is 16.9 Å². The van der Waals surface area contributed by atoms with Crippen LogP contribution in [0.25, 0.3) is 11.1 Å². The summed E-state index contributed by atoms with van der Waals surface area (Å²) < 4.78 is 0. The van der Waals surface area contributed by atoms with Gasteiger partial charge in [-0.25, -0.2) is 14.8 Å². The van der Waals surface area contributed by atoms with Crippen molar-refractivity contribution >= 4 is 23.8 Å². The summed E-state index contributed by atoms with van der Waals surface area (Å²) >= 11 is 0. The Morgan fingerprint density at radius 1 is 1.21 bits per heavy atom. The number of hydrogen-bond donors (Lipinski definition) is 5. The number of amides is 3. The molecule has 1 unspecified atom stereocenters. The number of benzene rings is 1. The number of piperidine rings is 1. The van der Waals surface area contributed by atoms with Crippen molar-refractivity contribution in [2.24, 2.45) is 17.4 Å². The lowest BCUT2D eigenvalue weighted by Crippen LogP contribution is -2.42. The van der Waals surface area contributed by atoms with Gasteiger partial charge in [0.1, 0.15) is 0 Å². The molecule has 1 aromatic carbocycles. The molecule has 0 radical (unpaired) electrons. The van der Waals surface area contributed by atoms with Crippen molar-refractivity contribution in [2.45, 2.75) is 19.4 Å². The van der Waals surface area contributed by atoms with Gasteiger partial charge in [0, 0.05) is 37.6 Å². The smallest absolute Gasteiger partial charge is 0.321 e. The van der Waals surface area contributed by atoms with Gasteiger partial charge in [-0.3, -0.25) is 15.5 Å². The Kier molecular flexibility index (Phi) is 6.22. The topological polar surface area (TPSA) is 163 Å². The highest BCUT2D eigenvalue weighted by Gasteiger charge is 2.25. The van der Waals surface area contributed by atoms with Crippen molar-refractivity contribution < 1.29 is 9.59 Å². The van der Waals surface area contributed by atoms with Gasteiger partial charge in [0.2, 0.25) is 11.9 Å². The second-order valence-corrected chi connectivity index (χ2v) is 6.88. The molecule has 152 valence electrons. The summed E-state index contributed by atoms with van der Waals surface area (Å²) in [6.07, 6.45) is 5.16. The van der Waals surface area contributed by atoms with E-state index in [0.717, 1.165) is 36.1 Å². The average molecular weight is 396 g/mol. The van der Waals surface area contributed by atoms with Gasteiger partial charge in [0.05, 0.1) is 5.92 Å². The SMILES string of the molecule is N=C(N)NC(=O)NCc1cccc(-c2cnc(N3CCCC(C(N)=O)C3)nc2)c1. The molecule has 0 saturated carbocycles. The summed E-state index contributed by atoms with van der Waals surface area (Å²) in [6.45, 7) is 1.62. The Labute approximate surface area is 168 Å². The van der Waals surface area contributed by atoms with Gasteiger partial charge >= 0.3 is 6.03 Å². The van der Waals surface area contributed by atoms with E-state index >= 15 is 0 Å². The van der Waals surface area contributed by atoms with Crippen LogP contribution in [-0.2, 0) is 11.3 Å².